The molecule has 7 nitrogen and oxygen atoms in total. The Balaban J connectivity index is 1.57. The standard InChI is InChI=1S/C37H40ClN3O4S/c1-27-17-20-33(21-18-27)46(44,45)41(34-22-19-31(38)23-28(34)2)26-36(42)40(25-30-13-7-4-8-14-30)35(24-29-11-5-3-6-12-29)37(43)39-32-15-9-10-16-32/h3-8,11-14,17-23,32,35H,9-10,15-16,24-26H2,1-2H3,(H,39,43)/t35-/m1/s1. The highest BCUT2D eigenvalue weighted by Crippen LogP contribution is 2.30. The molecule has 5 rings (SSSR count). The van der Waals surface area contributed by atoms with Gasteiger partial charge < -0.3 is 10.2 Å². The van der Waals surface area contributed by atoms with Gasteiger partial charge >= 0.3 is 0 Å². The van der Waals surface area contributed by atoms with E-state index in [1.54, 1.807) is 49.4 Å². The number of sulfonamides is 1. The maximum Gasteiger partial charge on any atom is 0.264 e. The fraction of sp³-hybridized carbons (Fsp3) is 0.297. The summed E-state index contributed by atoms with van der Waals surface area (Å²) in [6.45, 7) is 3.27. The van der Waals surface area contributed by atoms with Gasteiger partial charge in [-0.1, -0.05) is 103 Å². The van der Waals surface area contributed by atoms with Crippen molar-refractivity contribution in [2.24, 2.45) is 0 Å². The smallest absolute Gasteiger partial charge is 0.264 e. The van der Waals surface area contributed by atoms with E-state index in [4.69, 9.17) is 11.6 Å². The van der Waals surface area contributed by atoms with Gasteiger partial charge in [0.1, 0.15) is 12.6 Å². The number of nitrogens with zero attached hydrogens (tertiary/aromatic N) is 2. The molecule has 0 saturated heterocycles. The number of carbonyl (C=O) groups is 2. The molecule has 9 heteroatoms. The molecule has 0 bridgehead atoms. The number of nitrogens with one attached hydrogen (secondary N) is 1. The summed E-state index contributed by atoms with van der Waals surface area (Å²) in [6.07, 6.45) is 4.17. The fourth-order valence-corrected chi connectivity index (χ4v) is 7.66. The minimum Gasteiger partial charge on any atom is -0.352 e. The number of benzene rings is 4. The van der Waals surface area contributed by atoms with E-state index in [0.29, 0.717) is 16.3 Å². The van der Waals surface area contributed by atoms with Crippen molar-refractivity contribution in [3.05, 3.63) is 130 Å². The first kappa shape index (κ1) is 33.2. The van der Waals surface area contributed by atoms with E-state index in [1.807, 2.05) is 67.6 Å². The summed E-state index contributed by atoms with van der Waals surface area (Å²) in [5.74, 6) is -0.730. The normalized spacial score (nSPS) is 14.1. The quantitative estimate of drug-likeness (QED) is 0.181. The highest BCUT2D eigenvalue weighted by atomic mass is 35.5. The first-order chi connectivity index (χ1) is 22.1. The molecule has 0 spiro atoms. The van der Waals surface area contributed by atoms with Crippen LogP contribution < -0.4 is 9.62 Å². The third kappa shape index (κ3) is 8.17. The van der Waals surface area contributed by atoms with Gasteiger partial charge in [0.2, 0.25) is 11.8 Å². The van der Waals surface area contributed by atoms with Crippen molar-refractivity contribution >= 4 is 39.1 Å². The lowest BCUT2D eigenvalue weighted by Crippen LogP contribution is -2.54. The van der Waals surface area contributed by atoms with E-state index in [0.717, 1.165) is 46.7 Å². The van der Waals surface area contributed by atoms with Crippen molar-refractivity contribution in [2.75, 3.05) is 10.8 Å². The van der Waals surface area contributed by atoms with E-state index in [2.05, 4.69) is 5.32 Å². The minimum absolute atomic E-state index is 0.0505. The SMILES string of the molecule is Cc1ccc(S(=O)(=O)N(CC(=O)N(Cc2ccccc2)[C@H](Cc2ccccc2)C(=O)NC2CCCC2)c2ccc(Cl)cc2C)cc1. The number of rotatable bonds is 12. The highest BCUT2D eigenvalue weighted by molar-refractivity contribution is 7.92. The second kappa shape index (κ2) is 15.0. The molecule has 0 aliphatic heterocycles. The summed E-state index contributed by atoms with van der Waals surface area (Å²) in [5, 5.41) is 3.66. The molecule has 1 aliphatic carbocycles. The Bertz CT molecular complexity index is 1740. The van der Waals surface area contributed by atoms with Crippen molar-refractivity contribution < 1.29 is 18.0 Å². The number of aryl methyl sites for hydroxylation is 2. The number of amides is 2. The molecule has 1 N–H and O–H groups in total. The van der Waals surface area contributed by atoms with Gasteiger partial charge in [0.05, 0.1) is 10.6 Å². The molecule has 4 aromatic rings. The number of anilines is 1. The first-order valence-corrected chi connectivity index (χ1v) is 17.5. The zero-order chi connectivity index (χ0) is 32.7. The molecule has 0 radical (unpaired) electrons. The van der Waals surface area contributed by atoms with E-state index < -0.39 is 28.5 Å². The van der Waals surface area contributed by atoms with Crippen LogP contribution in [0.3, 0.4) is 0 Å². The summed E-state index contributed by atoms with van der Waals surface area (Å²) in [5.41, 5.74) is 3.59. The maximum atomic E-state index is 14.6. The Morgan fingerprint density at radius 1 is 0.848 bits per heavy atom. The van der Waals surface area contributed by atoms with Crippen LogP contribution in [-0.4, -0.2) is 43.8 Å². The van der Waals surface area contributed by atoms with E-state index in [-0.39, 0.29) is 29.8 Å². The van der Waals surface area contributed by atoms with Crippen LogP contribution in [0.5, 0.6) is 0 Å². The van der Waals surface area contributed by atoms with Crippen LogP contribution in [0.15, 0.2) is 108 Å². The van der Waals surface area contributed by atoms with Crippen LogP contribution in [0, 0.1) is 13.8 Å². The van der Waals surface area contributed by atoms with Gasteiger partial charge in [-0.3, -0.25) is 13.9 Å². The Hall–Kier alpha value is -4.14. The van der Waals surface area contributed by atoms with Gasteiger partial charge in [-0.15, -0.1) is 0 Å². The number of carbonyl (C=O) groups excluding carboxylic acids is 2. The fourth-order valence-electron chi connectivity index (χ4n) is 5.95. The van der Waals surface area contributed by atoms with Crippen LogP contribution in [0.25, 0.3) is 0 Å². The Morgan fingerprint density at radius 2 is 1.46 bits per heavy atom. The Kier molecular flexibility index (Phi) is 10.8. The van der Waals surface area contributed by atoms with Crippen molar-refractivity contribution in [1.82, 2.24) is 10.2 Å². The summed E-state index contributed by atoms with van der Waals surface area (Å²) >= 11 is 6.25. The summed E-state index contributed by atoms with van der Waals surface area (Å²) in [7, 11) is -4.19. The van der Waals surface area contributed by atoms with E-state index in [1.165, 1.54) is 4.90 Å². The van der Waals surface area contributed by atoms with Gasteiger partial charge in [0.25, 0.3) is 10.0 Å². The van der Waals surface area contributed by atoms with Crippen LogP contribution in [0.2, 0.25) is 5.02 Å². The summed E-state index contributed by atoms with van der Waals surface area (Å²) in [4.78, 5) is 30.3. The summed E-state index contributed by atoms with van der Waals surface area (Å²) in [6, 6.07) is 29.7. The average Bonchev–Trinajstić information content (AvgIpc) is 3.56. The number of halogens is 1. The van der Waals surface area contributed by atoms with Crippen LogP contribution in [-0.2, 0) is 32.6 Å². The number of hydrogen-bond acceptors (Lipinski definition) is 4. The third-order valence-corrected chi connectivity index (χ3v) is 10.5. The van der Waals surface area contributed by atoms with Crippen molar-refractivity contribution in [3.63, 3.8) is 0 Å². The summed E-state index contributed by atoms with van der Waals surface area (Å²) < 4.78 is 29.7. The molecule has 4 aromatic carbocycles. The van der Waals surface area contributed by atoms with Gasteiger partial charge in [-0.05, 0) is 73.7 Å². The van der Waals surface area contributed by atoms with Crippen LogP contribution in [0.1, 0.15) is 47.9 Å². The van der Waals surface area contributed by atoms with Gasteiger partial charge in [0.15, 0.2) is 0 Å². The lowest BCUT2D eigenvalue weighted by Gasteiger charge is -2.34. The number of hydrogen-bond donors (Lipinski definition) is 1. The van der Waals surface area contributed by atoms with Crippen molar-refractivity contribution in [2.45, 2.75) is 69.5 Å². The molecule has 46 heavy (non-hydrogen) atoms. The molecule has 240 valence electrons. The predicted octanol–water partition coefficient (Wildman–Crippen LogP) is 6.85. The zero-order valence-electron chi connectivity index (χ0n) is 26.2. The van der Waals surface area contributed by atoms with Crippen LogP contribution in [0.4, 0.5) is 5.69 Å². The molecule has 2 amide bonds. The van der Waals surface area contributed by atoms with Gasteiger partial charge in [-0.25, -0.2) is 8.42 Å². The molecule has 1 saturated carbocycles. The van der Waals surface area contributed by atoms with Crippen molar-refractivity contribution in [3.8, 4) is 0 Å². The Morgan fingerprint density at radius 3 is 2.07 bits per heavy atom. The molecular formula is C37H40ClN3O4S. The molecule has 0 unspecified atom stereocenters. The predicted molar refractivity (Wildman–Crippen MR) is 183 cm³/mol. The first-order valence-electron chi connectivity index (χ1n) is 15.6. The van der Waals surface area contributed by atoms with E-state index >= 15 is 0 Å². The van der Waals surface area contributed by atoms with Gasteiger partial charge in [-0.2, -0.15) is 0 Å². The maximum absolute atomic E-state index is 14.6. The average molecular weight is 658 g/mol. The molecule has 1 aliphatic rings. The third-order valence-electron chi connectivity index (χ3n) is 8.48. The largest absolute Gasteiger partial charge is 0.352 e. The van der Waals surface area contributed by atoms with Gasteiger partial charge in [0, 0.05) is 24.0 Å². The lowest BCUT2D eigenvalue weighted by molar-refractivity contribution is -0.140. The van der Waals surface area contributed by atoms with E-state index in [9.17, 15) is 18.0 Å². The molecular weight excluding hydrogens is 618 g/mol. The van der Waals surface area contributed by atoms with Crippen molar-refractivity contribution in [1.29, 1.82) is 0 Å². The highest BCUT2D eigenvalue weighted by Gasteiger charge is 2.36. The molecule has 1 fully saturated rings. The molecule has 0 heterocycles. The zero-order valence-corrected chi connectivity index (χ0v) is 27.8. The molecule has 0 aromatic heterocycles. The minimum atomic E-state index is -4.19. The Labute approximate surface area is 277 Å². The second-order valence-corrected chi connectivity index (χ2v) is 14.3. The second-order valence-electron chi connectivity index (χ2n) is 12.0. The molecule has 1 atom stereocenters. The lowest BCUT2D eigenvalue weighted by atomic mass is 10.0. The van der Waals surface area contributed by atoms with Crippen LogP contribution >= 0.6 is 11.6 Å². The topological polar surface area (TPSA) is 86.8 Å². The monoisotopic (exact) mass is 657 g/mol.